The van der Waals surface area contributed by atoms with Gasteiger partial charge in [-0.05, 0) is 77.2 Å². The number of allylic oxidation sites excluding steroid dienone is 4. The predicted octanol–water partition coefficient (Wildman–Crippen LogP) is 11.6. The third kappa shape index (κ3) is 5.05. The van der Waals surface area contributed by atoms with Gasteiger partial charge >= 0.3 is 0 Å². The van der Waals surface area contributed by atoms with Crippen LogP contribution in [0.15, 0.2) is 157 Å². The fraction of sp³-hybridized carbons (Fsp3) is 0.0208. The molecule has 53 heavy (non-hydrogen) atoms. The number of carbonyl (C=O) groups excluding carboxylic acids is 1. The molecule has 250 valence electrons. The van der Waals surface area contributed by atoms with Crippen LogP contribution in [0.5, 0.6) is 0 Å². The molecule has 0 spiro atoms. The summed E-state index contributed by atoms with van der Waals surface area (Å²) >= 11 is 0. The molecule has 1 aliphatic carbocycles. The van der Waals surface area contributed by atoms with Crippen molar-refractivity contribution < 1.29 is 4.79 Å². The van der Waals surface area contributed by atoms with Gasteiger partial charge in [-0.3, -0.25) is 4.79 Å². The van der Waals surface area contributed by atoms with E-state index in [4.69, 9.17) is 9.97 Å². The van der Waals surface area contributed by atoms with E-state index in [-0.39, 0.29) is 5.78 Å². The Morgan fingerprint density at radius 1 is 0.434 bits per heavy atom. The van der Waals surface area contributed by atoms with Crippen molar-refractivity contribution in [2.45, 2.75) is 6.92 Å². The quantitative estimate of drug-likeness (QED) is 0.194. The Balaban J connectivity index is 1.45. The molecule has 5 heteroatoms. The molecule has 0 unspecified atom stereocenters. The predicted molar refractivity (Wildman–Crippen MR) is 217 cm³/mol. The summed E-state index contributed by atoms with van der Waals surface area (Å²) in [4.78, 5) is 32.7. The lowest BCUT2D eigenvalue weighted by Gasteiger charge is -2.08. The lowest BCUT2D eigenvalue weighted by molar-refractivity contribution is -0.110. The van der Waals surface area contributed by atoms with Crippen LogP contribution in [0.25, 0.3) is 89.9 Å². The molecule has 0 saturated carbocycles. The van der Waals surface area contributed by atoms with E-state index in [2.05, 4.69) is 119 Å². The van der Waals surface area contributed by atoms with E-state index < -0.39 is 0 Å². The van der Waals surface area contributed by atoms with Crippen LogP contribution < -0.4 is 0 Å². The van der Waals surface area contributed by atoms with Crippen molar-refractivity contribution in [3.63, 3.8) is 0 Å². The fourth-order valence-corrected chi connectivity index (χ4v) is 7.85. The molecule has 0 radical (unpaired) electrons. The maximum Gasteiger partial charge on any atom is 0.191 e. The van der Waals surface area contributed by atoms with Gasteiger partial charge in [-0.15, -0.1) is 0 Å². The maximum atomic E-state index is 14.2. The van der Waals surface area contributed by atoms with Crippen LogP contribution in [-0.2, 0) is 4.79 Å². The molecular formula is C48H32N4O. The van der Waals surface area contributed by atoms with E-state index in [0.29, 0.717) is 16.8 Å². The van der Waals surface area contributed by atoms with Crippen LogP contribution in [0, 0.1) is 0 Å². The summed E-state index contributed by atoms with van der Waals surface area (Å²) in [6, 6.07) is 49.8. The number of nitrogens with one attached hydrogen (secondary N) is 2. The molecular weight excluding hydrogens is 649 g/mol. The van der Waals surface area contributed by atoms with Crippen LogP contribution in [0.3, 0.4) is 0 Å². The average molecular weight is 681 g/mol. The van der Waals surface area contributed by atoms with E-state index in [1.807, 2.05) is 61.5 Å². The Hall–Kier alpha value is -7.11. The van der Waals surface area contributed by atoms with Crippen LogP contribution in [0.2, 0.25) is 0 Å². The Morgan fingerprint density at radius 2 is 0.811 bits per heavy atom. The summed E-state index contributed by atoms with van der Waals surface area (Å²) in [6.07, 6.45) is 6.23. The number of hydrogen-bond acceptors (Lipinski definition) is 3. The van der Waals surface area contributed by atoms with Crippen LogP contribution in [0.4, 0.5) is 0 Å². The summed E-state index contributed by atoms with van der Waals surface area (Å²) in [7, 11) is 0. The van der Waals surface area contributed by atoms with Gasteiger partial charge in [-0.1, -0.05) is 121 Å². The van der Waals surface area contributed by atoms with E-state index in [0.717, 1.165) is 89.2 Å². The van der Waals surface area contributed by atoms with Crippen LogP contribution >= 0.6 is 0 Å². The number of ketones is 1. The first-order valence-electron chi connectivity index (χ1n) is 17.8. The molecule has 8 bridgehead atoms. The van der Waals surface area contributed by atoms with Crippen molar-refractivity contribution in [1.82, 2.24) is 19.9 Å². The highest BCUT2D eigenvalue weighted by atomic mass is 16.1. The van der Waals surface area contributed by atoms with Gasteiger partial charge in [0.1, 0.15) is 0 Å². The van der Waals surface area contributed by atoms with Crippen LogP contribution in [-0.4, -0.2) is 25.7 Å². The summed E-state index contributed by atoms with van der Waals surface area (Å²) in [5.41, 5.74) is 16.8. The lowest BCUT2D eigenvalue weighted by atomic mass is 9.96. The molecule has 0 amide bonds. The smallest absolute Gasteiger partial charge is 0.191 e. The highest BCUT2D eigenvalue weighted by molar-refractivity contribution is 6.41. The minimum absolute atomic E-state index is 0.00380. The third-order valence-corrected chi connectivity index (χ3v) is 10.3. The molecule has 0 saturated heterocycles. The number of benzene rings is 4. The van der Waals surface area contributed by atoms with Gasteiger partial charge in [0.2, 0.25) is 0 Å². The molecule has 2 N–H and O–H groups in total. The molecule has 3 aliphatic rings. The molecule has 10 rings (SSSR count). The summed E-state index contributed by atoms with van der Waals surface area (Å²) < 4.78 is 0. The summed E-state index contributed by atoms with van der Waals surface area (Å²) in [5.74, 6) is -0.00380. The third-order valence-electron chi connectivity index (χ3n) is 10.3. The highest BCUT2D eigenvalue weighted by Gasteiger charge is 2.35. The van der Waals surface area contributed by atoms with Crippen LogP contribution in [0.1, 0.15) is 29.7 Å². The minimum atomic E-state index is -0.00380. The van der Waals surface area contributed by atoms with Gasteiger partial charge in [0, 0.05) is 49.9 Å². The number of H-pyrrole nitrogens is 2. The molecule has 0 fully saturated rings. The normalized spacial score (nSPS) is 13.4. The topological polar surface area (TPSA) is 74.4 Å². The molecule has 5 heterocycles. The van der Waals surface area contributed by atoms with Gasteiger partial charge < -0.3 is 9.97 Å². The lowest BCUT2D eigenvalue weighted by Crippen LogP contribution is -2.00. The zero-order valence-corrected chi connectivity index (χ0v) is 28.9. The molecule has 2 aliphatic heterocycles. The largest absolute Gasteiger partial charge is 0.354 e. The van der Waals surface area contributed by atoms with Crippen molar-refractivity contribution in [3.8, 4) is 44.5 Å². The maximum absolute atomic E-state index is 14.2. The standard InChI is InChI=1S/C48H32N4O/c1-29-28-34-45(48(29)53)47-44(33-20-12-5-13-21-33)40-27-25-38(51-40)42(31-16-8-3-9-17-31)36-23-22-35(49-36)41(30-14-6-2-7-15-30)37-24-26-39(50-37)43(46(34)52-47)32-18-10-4-11-19-32/h2-28,50-51H,1H3. The first-order chi connectivity index (χ1) is 26.1. The molecule has 0 atom stereocenters. The second-order valence-electron chi connectivity index (χ2n) is 13.5. The average Bonchev–Trinajstić information content (AvgIpc) is 4.06. The van der Waals surface area contributed by atoms with Crippen molar-refractivity contribution in [2.75, 3.05) is 0 Å². The second-order valence-corrected chi connectivity index (χ2v) is 13.5. The Labute approximate surface area is 306 Å². The van der Waals surface area contributed by atoms with Crippen molar-refractivity contribution >= 4 is 51.1 Å². The fourth-order valence-electron chi connectivity index (χ4n) is 7.85. The zero-order chi connectivity index (χ0) is 35.5. The zero-order valence-electron chi connectivity index (χ0n) is 28.9. The van der Waals surface area contributed by atoms with E-state index in [9.17, 15) is 4.79 Å². The summed E-state index contributed by atoms with van der Waals surface area (Å²) in [5, 5.41) is 0. The number of carbonyl (C=O) groups is 1. The number of rotatable bonds is 4. The molecule has 5 nitrogen and oxygen atoms in total. The highest BCUT2D eigenvalue weighted by Crippen LogP contribution is 2.47. The molecule has 7 aromatic rings. The van der Waals surface area contributed by atoms with Gasteiger partial charge in [0.25, 0.3) is 0 Å². The number of aromatic nitrogens is 4. The van der Waals surface area contributed by atoms with E-state index >= 15 is 0 Å². The molecule has 4 aromatic carbocycles. The summed E-state index contributed by atoms with van der Waals surface area (Å²) in [6.45, 7) is 1.90. The van der Waals surface area contributed by atoms with Gasteiger partial charge in [0.15, 0.2) is 5.78 Å². The number of aromatic amines is 2. The van der Waals surface area contributed by atoms with Gasteiger partial charge in [0.05, 0.1) is 28.3 Å². The minimum Gasteiger partial charge on any atom is -0.354 e. The van der Waals surface area contributed by atoms with E-state index in [1.54, 1.807) is 0 Å². The Bertz CT molecular complexity index is 2880. The van der Waals surface area contributed by atoms with Crippen molar-refractivity contribution in [2.24, 2.45) is 0 Å². The first kappa shape index (κ1) is 30.7. The van der Waals surface area contributed by atoms with Crippen molar-refractivity contribution in [3.05, 3.63) is 180 Å². The Morgan fingerprint density at radius 3 is 1.25 bits per heavy atom. The number of Topliss-reactive ketones (excluding diaryl/α,β-unsaturated/α-hetero) is 1. The van der Waals surface area contributed by atoms with Gasteiger partial charge in [-0.25, -0.2) is 9.97 Å². The van der Waals surface area contributed by atoms with Crippen molar-refractivity contribution in [1.29, 1.82) is 0 Å². The SMILES string of the molecule is CC1=CC2=C(C1=O)c1nc2c(-c2ccccc2)c2ccc([nH]2)c(-c2ccccc2)c2nc(c(-c3ccccc3)c3ccc([nH]3)c1-c1ccccc1)C=C2. The monoisotopic (exact) mass is 680 g/mol. The second kappa shape index (κ2) is 12.3. The Kier molecular flexibility index (Phi) is 7.12. The first-order valence-corrected chi connectivity index (χ1v) is 17.8. The molecule has 3 aromatic heterocycles. The number of fused-ring (bicyclic) bond motifs is 10. The number of nitrogens with zero attached hydrogens (tertiary/aromatic N) is 2. The number of hydrogen-bond donors (Lipinski definition) is 2. The van der Waals surface area contributed by atoms with Gasteiger partial charge in [-0.2, -0.15) is 0 Å². The van der Waals surface area contributed by atoms with E-state index in [1.165, 1.54) is 0 Å².